The maximum Gasteiger partial charge on any atom is 0.254 e. The molecule has 0 aliphatic heterocycles. The van der Waals surface area contributed by atoms with Gasteiger partial charge in [-0.3, -0.25) is 4.79 Å². The Bertz CT molecular complexity index is 1020. The number of amides is 1. The third-order valence-electron chi connectivity index (χ3n) is 4.64. The van der Waals surface area contributed by atoms with Gasteiger partial charge >= 0.3 is 0 Å². The number of rotatable bonds is 9. The van der Waals surface area contributed by atoms with Crippen molar-refractivity contribution in [2.75, 3.05) is 26.8 Å². The summed E-state index contributed by atoms with van der Waals surface area (Å²) in [4.78, 5) is 24.1. The molecule has 2 aromatic heterocycles. The highest BCUT2D eigenvalue weighted by Crippen LogP contribution is 2.24. The molecule has 0 saturated heterocycles. The molecule has 0 radical (unpaired) electrons. The highest BCUT2D eigenvalue weighted by Gasteiger charge is 2.20. The molecule has 0 fully saturated rings. The van der Waals surface area contributed by atoms with Crippen LogP contribution in [0, 0.1) is 19.8 Å². The van der Waals surface area contributed by atoms with Crippen LogP contribution in [0.3, 0.4) is 0 Å². The number of ether oxygens (including phenoxy) is 1. The molecule has 0 bridgehead atoms. The largest absolute Gasteiger partial charge is 0.383 e. The zero-order chi connectivity index (χ0) is 21.7. The van der Waals surface area contributed by atoms with E-state index in [2.05, 4.69) is 28.9 Å². The average molecular weight is 428 g/mol. The molecule has 30 heavy (non-hydrogen) atoms. The van der Waals surface area contributed by atoms with Gasteiger partial charge in [0.1, 0.15) is 0 Å². The highest BCUT2D eigenvalue weighted by atomic mass is 32.2. The topological polar surface area (TPSA) is 72.6 Å². The Balaban J connectivity index is 1.79. The third-order valence-corrected chi connectivity index (χ3v) is 5.53. The highest BCUT2D eigenvalue weighted by molar-refractivity contribution is 7.98. The molecule has 0 spiro atoms. The van der Waals surface area contributed by atoms with Crippen molar-refractivity contribution in [1.29, 1.82) is 0 Å². The third kappa shape index (κ3) is 5.37. The van der Waals surface area contributed by atoms with Crippen LogP contribution in [0.5, 0.6) is 0 Å². The molecule has 160 valence electrons. The van der Waals surface area contributed by atoms with E-state index in [0.29, 0.717) is 42.3 Å². The average Bonchev–Trinajstić information content (AvgIpc) is 3.12. The normalized spacial score (nSPS) is 11.4. The lowest BCUT2D eigenvalue weighted by Gasteiger charge is -2.25. The molecule has 0 aliphatic carbocycles. The van der Waals surface area contributed by atoms with Gasteiger partial charge in [0.05, 0.1) is 6.61 Å². The molecule has 1 aromatic carbocycles. The first kappa shape index (κ1) is 22.2. The summed E-state index contributed by atoms with van der Waals surface area (Å²) in [7, 11) is 1.66. The Morgan fingerprint density at radius 2 is 2.00 bits per heavy atom. The van der Waals surface area contributed by atoms with E-state index in [4.69, 9.17) is 4.74 Å². The Kier molecular flexibility index (Phi) is 7.44. The van der Waals surface area contributed by atoms with Crippen molar-refractivity contribution in [3.8, 4) is 0 Å². The van der Waals surface area contributed by atoms with Crippen LogP contribution in [0.4, 0.5) is 0 Å². The summed E-state index contributed by atoms with van der Waals surface area (Å²) in [5.74, 6) is 1.63. The van der Waals surface area contributed by atoms with Gasteiger partial charge in [-0.1, -0.05) is 43.8 Å². The van der Waals surface area contributed by atoms with Gasteiger partial charge in [-0.2, -0.15) is 4.98 Å². The lowest BCUT2D eigenvalue weighted by molar-refractivity contribution is 0.0671. The molecule has 0 aliphatic rings. The minimum absolute atomic E-state index is 0.0352. The Hall–Kier alpha value is -2.45. The van der Waals surface area contributed by atoms with E-state index < -0.39 is 0 Å². The van der Waals surface area contributed by atoms with E-state index in [0.717, 1.165) is 22.5 Å². The molecule has 8 heteroatoms. The number of aromatic nitrogens is 4. The van der Waals surface area contributed by atoms with Crippen LogP contribution in [0.15, 0.2) is 35.5 Å². The van der Waals surface area contributed by atoms with Crippen LogP contribution in [0.1, 0.15) is 41.2 Å². The van der Waals surface area contributed by atoms with E-state index in [1.54, 1.807) is 11.6 Å². The molecular weight excluding hydrogens is 398 g/mol. The van der Waals surface area contributed by atoms with Gasteiger partial charge in [-0.05, 0) is 37.5 Å². The van der Waals surface area contributed by atoms with Gasteiger partial charge in [0.2, 0.25) is 5.16 Å². The van der Waals surface area contributed by atoms with Gasteiger partial charge in [0, 0.05) is 42.9 Å². The van der Waals surface area contributed by atoms with Crippen LogP contribution >= 0.6 is 11.8 Å². The number of methoxy groups -OCH3 is 1. The number of hydrogen-bond acceptors (Lipinski definition) is 6. The number of hydrogen-bond donors (Lipinski definition) is 0. The fourth-order valence-electron chi connectivity index (χ4n) is 3.29. The van der Waals surface area contributed by atoms with Crippen LogP contribution in [0.25, 0.3) is 5.78 Å². The van der Waals surface area contributed by atoms with Crippen LogP contribution < -0.4 is 0 Å². The molecule has 0 unspecified atom stereocenters. The molecule has 0 N–H and O–H groups in total. The predicted molar refractivity (Wildman–Crippen MR) is 119 cm³/mol. The summed E-state index contributed by atoms with van der Waals surface area (Å²) in [5, 5.41) is 5.20. The second kappa shape index (κ2) is 10.0. The summed E-state index contributed by atoms with van der Waals surface area (Å²) in [6, 6.07) is 9.73. The fraction of sp³-hybridized carbons (Fsp3) is 0.455. The molecule has 0 saturated carbocycles. The maximum absolute atomic E-state index is 13.3. The van der Waals surface area contributed by atoms with Crippen LogP contribution in [-0.4, -0.2) is 57.2 Å². The lowest BCUT2D eigenvalue weighted by Crippen LogP contribution is -2.37. The van der Waals surface area contributed by atoms with Crippen LogP contribution in [0.2, 0.25) is 0 Å². The quantitative estimate of drug-likeness (QED) is 0.484. The molecule has 3 aromatic rings. The summed E-state index contributed by atoms with van der Waals surface area (Å²) in [6.45, 7) is 9.95. The summed E-state index contributed by atoms with van der Waals surface area (Å²) < 4.78 is 6.95. The molecule has 1 amide bonds. The number of carbonyl (C=O) groups is 1. The zero-order valence-electron chi connectivity index (χ0n) is 18.3. The second-order valence-electron chi connectivity index (χ2n) is 7.73. The SMILES string of the molecule is COCCN(CC(C)C)C(=O)c1ccccc1CSc1nc2nc(C)cc(C)n2n1. The van der Waals surface area contributed by atoms with Gasteiger partial charge in [-0.15, -0.1) is 5.10 Å². The Morgan fingerprint density at radius 1 is 1.23 bits per heavy atom. The van der Waals surface area contributed by atoms with E-state index >= 15 is 0 Å². The molecule has 3 rings (SSSR count). The standard InChI is InChI=1S/C22H29N5O2S/c1-15(2)13-26(10-11-29-5)20(28)19-9-7-6-8-18(19)14-30-22-24-21-23-16(3)12-17(4)27(21)25-22/h6-9,12,15H,10-11,13-14H2,1-5H3. The first-order chi connectivity index (χ1) is 14.4. The van der Waals surface area contributed by atoms with E-state index in [1.807, 2.05) is 49.1 Å². The van der Waals surface area contributed by atoms with Crippen molar-refractivity contribution < 1.29 is 9.53 Å². The van der Waals surface area contributed by atoms with Crippen molar-refractivity contribution in [3.63, 3.8) is 0 Å². The first-order valence-electron chi connectivity index (χ1n) is 10.1. The minimum Gasteiger partial charge on any atom is -0.383 e. The van der Waals surface area contributed by atoms with Gasteiger partial charge in [0.15, 0.2) is 0 Å². The first-order valence-corrected chi connectivity index (χ1v) is 11.1. The smallest absolute Gasteiger partial charge is 0.254 e. The summed E-state index contributed by atoms with van der Waals surface area (Å²) >= 11 is 1.51. The molecule has 0 atom stereocenters. The number of carbonyl (C=O) groups excluding carboxylic acids is 1. The molecule has 7 nitrogen and oxygen atoms in total. The number of fused-ring (bicyclic) bond motifs is 1. The van der Waals surface area contributed by atoms with Gasteiger partial charge in [0.25, 0.3) is 11.7 Å². The van der Waals surface area contributed by atoms with Crippen molar-refractivity contribution in [3.05, 3.63) is 52.8 Å². The maximum atomic E-state index is 13.3. The number of thioether (sulfide) groups is 1. The second-order valence-corrected chi connectivity index (χ2v) is 8.67. The zero-order valence-corrected chi connectivity index (χ0v) is 19.1. The number of aryl methyl sites for hydroxylation is 2. The fourth-order valence-corrected chi connectivity index (χ4v) is 4.12. The van der Waals surface area contributed by atoms with Crippen LogP contribution in [-0.2, 0) is 10.5 Å². The minimum atomic E-state index is 0.0352. The van der Waals surface area contributed by atoms with Gasteiger partial charge < -0.3 is 9.64 Å². The van der Waals surface area contributed by atoms with Crippen molar-refractivity contribution in [2.24, 2.45) is 5.92 Å². The van der Waals surface area contributed by atoms with Crippen molar-refractivity contribution >= 4 is 23.4 Å². The number of nitrogens with zero attached hydrogens (tertiary/aromatic N) is 5. The van der Waals surface area contributed by atoms with Gasteiger partial charge in [-0.25, -0.2) is 9.50 Å². The van der Waals surface area contributed by atoms with E-state index in [1.165, 1.54) is 11.8 Å². The van der Waals surface area contributed by atoms with Crippen molar-refractivity contribution in [1.82, 2.24) is 24.5 Å². The molecule has 2 heterocycles. The molecular formula is C22H29N5O2S. The summed E-state index contributed by atoms with van der Waals surface area (Å²) in [6.07, 6.45) is 0. The monoisotopic (exact) mass is 427 g/mol. The summed E-state index contributed by atoms with van der Waals surface area (Å²) in [5.41, 5.74) is 3.60. The Morgan fingerprint density at radius 3 is 2.73 bits per heavy atom. The van der Waals surface area contributed by atoms with E-state index in [-0.39, 0.29) is 5.91 Å². The van der Waals surface area contributed by atoms with Crippen molar-refractivity contribution in [2.45, 2.75) is 38.6 Å². The van der Waals surface area contributed by atoms with E-state index in [9.17, 15) is 4.79 Å². The number of benzene rings is 1. The lowest BCUT2D eigenvalue weighted by atomic mass is 10.1. The Labute approximate surface area is 181 Å². The predicted octanol–water partition coefficient (Wildman–Crippen LogP) is 3.78.